The number of nitro groups is 1. The fraction of sp³-hybridized carbons (Fsp3) is 0.333. The molecule has 0 aliphatic heterocycles. The molecule has 0 saturated heterocycles. The van der Waals surface area contributed by atoms with Crippen molar-refractivity contribution in [2.24, 2.45) is 0 Å². The molecule has 0 atom stereocenters. The van der Waals surface area contributed by atoms with Crippen LogP contribution < -0.4 is 21.5 Å². The van der Waals surface area contributed by atoms with Gasteiger partial charge in [-0.1, -0.05) is 0 Å². The summed E-state index contributed by atoms with van der Waals surface area (Å²) in [5.41, 5.74) is 4.43. The molecule has 0 spiro atoms. The maximum Gasteiger partial charge on any atom is 0.275 e. The van der Waals surface area contributed by atoms with E-state index in [1.165, 1.54) is 0 Å². The molecule has 0 saturated carbocycles. The van der Waals surface area contributed by atoms with Crippen molar-refractivity contribution >= 4 is 11.5 Å². The molecule has 0 unspecified atom stereocenters. The van der Waals surface area contributed by atoms with E-state index in [0.717, 1.165) is 16.7 Å². The van der Waals surface area contributed by atoms with Gasteiger partial charge in [0, 0.05) is 27.8 Å². The molecule has 128 valence electrons. The molecule has 2 rings (SSSR count). The lowest BCUT2D eigenvalue weighted by Gasteiger charge is -2.10. The number of hydrogen-bond donors (Lipinski definition) is 0. The van der Waals surface area contributed by atoms with E-state index in [2.05, 4.69) is 0 Å². The minimum Gasteiger partial charge on any atom is -1.00 e. The predicted octanol–water partition coefficient (Wildman–Crippen LogP) is 0.311. The van der Waals surface area contributed by atoms with Crippen molar-refractivity contribution < 1.29 is 31.3 Å². The zero-order chi connectivity index (χ0) is 17.3. The van der Waals surface area contributed by atoms with Gasteiger partial charge < -0.3 is 17.0 Å². The zero-order valence-electron chi connectivity index (χ0n) is 14.5. The summed E-state index contributed by atoms with van der Waals surface area (Å²) in [4.78, 5) is 23.6. The van der Waals surface area contributed by atoms with E-state index in [-0.39, 0.29) is 35.0 Å². The number of halogens is 1. The van der Waals surface area contributed by atoms with Crippen molar-refractivity contribution in [1.82, 2.24) is 0 Å². The quantitative estimate of drug-likeness (QED) is 0.325. The summed E-state index contributed by atoms with van der Waals surface area (Å²) in [5, 5.41) is 11.3. The molecule has 1 heterocycles. The molecule has 0 fully saturated rings. The van der Waals surface area contributed by atoms with E-state index >= 15 is 0 Å². The van der Waals surface area contributed by atoms with Gasteiger partial charge >= 0.3 is 0 Å². The molecular weight excluding hydrogens is 372 g/mol. The molecule has 0 aliphatic rings. The van der Waals surface area contributed by atoms with Gasteiger partial charge in [-0.2, -0.15) is 4.57 Å². The van der Waals surface area contributed by atoms with Crippen LogP contribution in [0.15, 0.2) is 24.5 Å². The van der Waals surface area contributed by atoms with Crippen LogP contribution in [0.4, 0.5) is 5.69 Å². The summed E-state index contributed by atoms with van der Waals surface area (Å²) in [6.45, 7) is 9.29. The van der Waals surface area contributed by atoms with E-state index in [9.17, 15) is 14.9 Å². The van der Waals surface area contributed by atoms with Crippen LogP contribution in [0.1, 0.15) is 38.2 Å². The zero-order valence-corrected chi connectivity index (χ0v) is 16.1. The third kappa shape index (κ3) is 4.06. The first-order valence-corrected chi connectivity index (χ1v) is 7.46. The van der Waals surface area contributed by atoms with Crippen LogP contribution in [0.25, 0.3) is 0 Å². The fourth-order valence-corrected chi connectivity index (χ4v) is 3.22. The van der Waals surface area contributed by atoms with Crippen molar-refractivity contribution in [3.63, 3.8) is 0 Å². The maximum atomic E-state index is 12.7. The predicted molar refractivity (Wildman–Crippen MR) is 87.7 cm³/mol. The summed E-state index contributed by atoms with van der Waals surface area (Å²) >= 11 is 0. The van der Waals surface area contributed by atoms with E-state index in [4.69, 9.17) is 0 Å². The molecule has 0 amide bonds. The van der Waals surface area contributed by atoms with Crippen molar-refractivity contribution in [2.45, 2.75) is 41.2 Å². The lowest BCUT2D eigenvalue weighted by atomic mass is 9.94. The Hall–Kier alpha value is -2.08. The number of benzene rings is 1. The van der Waals surface area contributed by atoms with Gasteiger partial charge in [-0.15, -0.1) is 0 Å². The molecule has 0 N–H and O–H groups in total. The van der Waals surface area contributed by atoms with Crippen molar-refractivity contribution in [1.29, 1.82) is 0 Å². The van der Waals surface area contributed by atoms with Gasteiger partial charge in [0.15, 0.2) is 12.4 Å². The summed E-state index contributed by atoms with van der Waals surface area (Å²) < 4.78 is 1.83. The molecule has 24 heavy (non-hydrogen) atoms. The number of aromatic nitrogens is 1. The van der Waals surface area contributed by atoms with E-state index < -0.39 is 4.92 Å². The molecule has 6 heteroatoms. The number of ketones is 1. The lowest BCUT2D eigenvalue weighted by molar-refractivity contribution is -0.683. The number of nitrogens with zero attached hydrogens (tertiary/aromatic N) is 2. The van der Waals surface area contributed by atoms with Gasteiger partial charge in [0.05, 0.1) is 4.92 Å². The van der Waals surface area contributed by atoms with Gasteiger partial charge in [-0.25, -0.2) is 0 Å². The van der Waals surface area contributed by atoms with Crippen LogP contribution in [0.5, 0.6) is 0 Å². The van der Waals surface area contributed by atoms with Crippen molar-refractivity contribution in [3.8, 4) is 0 Å². The summed E-state index contributed by atoms with van der Waals surface area (Å²) in [5.74, 6) is -0.113. The smallest absolute Gasteiger partial charge is 0.275 e. The summed E-state index contributed by atoms with van der Waals surface area (Å²) in [6, 6.07) is 3.75. The topological polar surface area (TPSA) is 64.1 Å². The minimum atomic E-state index is -0.412. The van der Waals surface area contributed by atoms with Gasteiger partial charge in [-0.05, 0) is 52.3 Å². The number of aryl methyl sites for hydroxylation is 4. The standard InChI is InChI=1S/C18H21N2O3.BrH/c1-11-6-12(2)9-19(8-11)10-16(21)17-13(3)7-14(4)18(15(17)5)20(22)23;/h6-9H,10H2,1-5H3;1H/q+1;/p-1. The third-order valence-corrected chi connectivity index (χ3v) is 3.91. The number of nitro benzene ring substituents is 1. The van der Waals surface area contributed by atoms with Gasteiger partial charge in [-0.3, -0.25) is 14.9 Å². The Morgan fingerprint density at radius 1 is 1.04 bits per heavy atom. The Balaban J connectivity index is 0.00000288. The van der Waals surface area contributed by atoms with E-state index in [1.807, 2.05) is 43.8 Å². The Morgan fingerprint density at radius 2 is 1.58 bits per heavy atom. The second kappa shape index (κ2) is 7.66. The number of carbonyl (C=O) groups excluding carboxylic acids is 1. The van der Waals surface area contributed by atoms with Gasteiger partial charge in [0.2, 0.25) is 12.3 Å². The highest BCUT2D eigenvalue weighted by atomic mass is 79.9. The summed E-state index contributed by atoms with van der Waals surface area (Å²) in [7, 11) is 0. The summed E-state index contributed by atoms with van der Waals surface area (Å²) in [6.07, 6.45) is 3.80. The average molecular weight is 393 g/mol. The second-order valence-corrected chi connectivity index (χ2v) is 6.10. The average Bonchev–Trinajstić information content (AvgIpc) is 2.35. The number of carbonyl (C=O) groups is 1. The molecule has 5 nitrogen and oxygen atoms in total. The van der Waals surface area contributed by atoms with Crippen LogP contribution >= 0.6 is 0 Å². The van der Waals surface area contributed by atoms with Crippen LogP contribution in [0.2, 0.25) is 0 Å². The Labute approximate surface area is 152 Å². The molecular formula is C18H21BrN2O3. The van der Waals surface area contributed by atoms with Crippen LogP contribution in [0.3, 0.4) is 0 Å². The highest BCUT2D eigenvalue weighted by Gasteiger charge is 2.25. The van der Waals surface area contributed by atoms with E-state index in [1.54, 1.807) is 19.9 Å². The van der Waals surface area contributed by atoms with E-state index in [0.29, 0.717) is 16.7 Å². The molecule has 1 aromatic carbocycles. The Kier molecular flexibility index (Phi) is 6.37. The van der Waals surface area contributed by atoms with Crippen molar-refractivity contribution in [2.75, 3.05) is 0 Å². The third-order valence-electron chi connectivity index (χ3n) is 3.91. The van der Waals surface area contributed by atoms with Gasteiger partial charge in [0.1, 0.15) is 0 Å². The first-order chi connectivity index (χ1) is 10.7. The second-order valence-electron chi connectivity index (χ2n) is 6.10. The minimum absolute atomic E-state index is 0. The monoisotopic (exact) mass is 392 g/mol. The molecule has 0 radical (unpaired) electrons. The molecule has 2 aromatic rings. The first-order valence-electron chi connectivity index (χ1n) is 7.46. The molecule has 0 aliphatic carbocycles. The Bertz CT molecular complexity index is 796. The maximum absolute atomic E-state index is 12.7. The van der Waals surface area contributed by atoms with Crippen LogP contribution in [-0.2, 0) is 6.54 Å². The normalized spacial score (nSPS) is 10.2. The Morgan fingerprint density at radius 3 is 2.08 bits per heavy atom. The largest absolute Gasteiger partial charge is 1.00 e. The van der Waals surface area contributed by atoms with Crippen molar-refractivity contribution in [3.05, 3.63) is 68.0 Å². The van der Waals surface area contributed by atoms with Gasteiger partial charge in [0.25, 0.3) is 5.69 Å². The molecule has 0 bridgehead atoms. The fourth-order valence-electron chi connectivity index (χ4n) is 3.22. The lowest BCUT2D eigenvalue weighted by Crippen LogP contribution is -3.00. The van der Waals surface area contributed by atoms with Crippen LogP contribution in [-0.4, -0.2) is 10.7 Å². The highest BCUT2D eigenvalue weighted by molar-refractivity contribution is 5.99. The van der Waals surface area contributed by atoms with Crippen LogP contribution in [0, 0.1) is 44.7 Å². The molecule has 1 aromatic heterocycles. The number of Topliss-reactive ketones (excluding diaryl/α,β-unsaturated/α-hetero) is 1. The number of pyridine rings is 1. The number of rotatable bonds is 4. The number of hydrogen-bond acceptors (Lipinski definition) is 3. The highest BCUT2D eigenvalue weighted by Crippen LogP contribution is 2.29. The SMILES string of the molecule is Cc1cc(C)c[n+](CC(=O)c2c(C)cc(C)c([N+](=O)[O-])c2C)c1.[Br-]. The first kappa shape index (κ1) is 20.0.